The number of hydrazone groups is 1. The molecule has 0 aliphatic heterocycles. The maximum Gasteiger partial charge on any atom is 0.276 e. The van der Waals surface area contributed by atoms with Crippen LogP contribution in [0.2, 0.25) is 5.02 Å². The fourth-order valence-corrected chi connectivity index (χ4v) is 3.57. The zero-order chi connectivity index (χ0) is 20.7. The molecule has 0 saturated carbocycles. The molecule has 0 fully saturated rings. The van der Waals surface area contributed by atoms with Gasteiger partial charge in [0.2, 0.25) is 0 Å². The molecule has 0 saturated heterocycles. The normalized spacial score (nSPS) is 11.4. The van der Waals surface area contributed by atoms with E-state index in [0.717, 1.165) is 5.56 Å². The second-order valence-corrected chi connectivity index (χ2v) is 8.06. The van der Waals surface area contributed by atoms with Crippen molar-refractivity contribution in [3.8, 4) is 11.5 Å². The Morgan fingerprint density at radius 1 is 1.03 bits per heavy atom. The lowest BCUT2D eigenvalue weighted by molar-refractivity contribution is 0.284. The maximum absolute atomic E-state index is 12.3. The molecule has 0 amide bonds. The number of benzene rings is 3. The van der Waals surface area contributed by atoms with Gasteiger partial charge < -0.3 is 9.47 Å². The number of sulfonamides is 1. The summed E-state index contributed by atoms with van der Waals surface area (Å²) < 4.78 is 35.8. The summed E-state index contributed by atoms with van der Waals surface area (Å²) in [7, 11) is -2.23. The second-order valence-electron chi connectivity index (χ2n) is 5.96. The Bertz CT molecular complexity index is 1100. The number of rotatable bonds is 8. The van der Waals surface area contributed by atoms with E-state index in [0.29, 0.717) is 22.1 Å². The van der Waals surface area contributed by atoms with Crippen LogP contribution in [0.15, 0.2) is 82.8 Å². The summed E-state index contributed by atoms with van der Waals surface area (Å²) in [6, 6.07) is 20.6. The number of methoxy groups -OCH3 is 1. The molecule has 3 rings (SSSR count). The van der Waals surface area contributed by atoms with Crippen LogP contribution in [0.5, 0.6) is 11.5 Å². The minimum Gasteiger partial charge on any atom is -0.493 e. The van der Waals surface area contributed by atoms with Crippen LogP contribution in [-0.4, -0.2) is 21.7 Å². The lowest BCUT2D eigenvalue weighted by atomic mass is 10.2. The Kier molecular flexibility index (Phi) is 6.74. The van der Waals surface area contributed by atoms with E-state index in [1.54, 1.807) is 48.5 Å². The summed E-state index contributed by atoms with van der Waals surface area (Å²) in [6.07, 6.45) is 1.37. The molecular weight excluding hydrogens is 412 g/mol. The number of halogens is 1. The Morgan fingerprint density at radius 2 is 1.79 bits per heavy atom. The van der Waals surface area contributed by atoms with Gasteiger partial charge in [0, 0.05) is 10.6 Å². The van der Waals surface area contributed by atoms with E-state index in [1.807, 2.05) is 12.1 Å². The minimum absolute atomic E-state index is 0.125. The van der Waals surface area contributed by atoms with Gasteiger partial charge in [-0.25, -0.2) is 4.83 Å². The summed E-state index contributed by atoms with van der Waals surface area (Å²) in [5, 5.41) is 4.49. The number of hydrogen-bond acceptors (Lipinski definition) is 5. The summed E-state index contributed by atoms with van der Waals surface area (Å²) in [6.45, 7) is 0.261. The van der Waals surface area contributed by atoms with Crippen LogP contribution in [0.25, 0.3) is 0 Å². The van der Waals surface area contributed by atoms with Gasteiger partial charge in [-0.15, -0.1) is 0 Å². The predicted molar refractivity (Wildman–Crippen MR) is 113 cm³/mol. The first kappa shape index (κ1) is 20.7. The van der Waals surface area contributed by atoms with Crippen molar-refractivity contribution in [1.82, 2.24) is 4.83 Å². The van der Waals surface area contributed by atoms with Crippen molar-refractivity contribution in [3.63, 3.8) is 0 Å². The lowest BCUT2D eigenvalue weighted by Gasteiger charge is -2.13. The topological polar surface area (TPSA) is 77.0 Å². The van der Waals surface area contributed by atoms with Crippen LogP contribution >= 0.6 is 11.6 Å². The zero-order valence-corrected chi connectivity index (χ0v) is 17.2. The Hall–Kier alpha value is -3.03. The number of nitrogens with one attached hydrogen (secondary N) is 1. The van der Waals surface area contributed by atoms with Gasteiger partial charge in [0.1, 0.15) is 6.61 Å². The molecule has 0 unspecified atom stereocenters. The van der Waals surface area contributed by atoms with Gasteiger partial charge in [-0.1, -0.05) is 48.0 Å². The molecule has 0 radical (unpaired) electrons. The van der Waals surface area contributed by atoms with Gasteiger partial charge in [0.05, 0.1) is 18.2 Å². The largest absolute Gasteiger partial charge is 0.493 e. The van der Waals surface area contributed by atoms with Crippen molar-refractivity contribution in [2.75, 3.05) is 7.11 Å². The van der Waals surface area contributed by atoms with Crippen molar-refractivity contribution in [1.29, 1.82) is 0 Å². The third kappa shape index (κ3) is 5.49. The summed E-state index contributed by atoms with van der Waals surface area (Å²) >= 11 is 6.01. The van der Waals surface area contributed by atoms with Crippen molar-refractivity contribution in [2.45, 2.75) is 11.5 Å². The Labute approximate surface area is 174 Å². The van der Waals surface area contributed by atoms with Crippen LogP contribution in [0.4, 0.5) is 0 Å². The average Bonchev–Trinajstić information content (AvgIpc) is 2.73. The van der Waals surface area contributed by atoms with Gasteiger partial charge in [0.25, 0.3) is 10.0 Å². The first-order valence-corrected chi connectivity index (χ1v) is 10.5. The van der Waals surface area contributed by atoms with Crippen molar-refractivity contribution < 1.29 is 17.9 Å². The van der Waals surface area contributed by atoms with Crippen LogP contribution < -0.4 is 14.3 Å². The van der Waals surface area contributed by atoms with E-state index in [-0.39, 0.29) is 11.5 Å². The van der Waals surface area contributed by atoms with Crippen molar-refractivity contribution >= 4 is 27.8 Å². The highest BCUT2D eigenvalue weighted by atomic mass is 35.5. The smallest absolute Gasteiger partial charge is 0.276 e. The molecule has 3 aromatic rings. The second kappa shape index (κ2) is 9.45. The molecule has 1 N–H and O–H groups in total. The third-order valence-corrected chi connectivity index (χ3v) is 5.41. The van der Waals surface area contributed by atoms with Crippen LogP contribution in [-0.2, 0) is 16.6 Å². The molecule has 150 valence electrons. The fraction of sp³-hybridized carbons (Fsp3) is 0.0952. The first-order chi connectivity index (χ1) is 14.0. The van der Waals surface area contributed by atoms with E-state index in [9.17, 15) is 8.42 Å². The number of para-hydroxylation sites is 1. The molecule has 0 spiro atoms. The molecular formula is C21H19ClN2O4S. The van der Waals surface area contributed by atoms with E-state index in [2.05, 4.69) is 9.93 Å². The number of ether oxygens (including phenoxy) is 2. The van der Waals surface area contributed by atoms with Gasteiger partial charge in [-0.2, -0.15) is 13.5 Å². The monoisotopic (exact) mass is 430 g/mol. The Balaban J connectivity index is 1.79. The van der Waals surface area contributed by atoms with E-state index in [1.165, 1.54) is 25.5 Å². The Morgan fingerprint density at radius 3 is 2.52 bits per heavy atom. The highest BCUT2D eigenvalue weighted by Crippen LogP contribution is 2.31. The number of hydrogen-bond donors (Lipinski definition) is 1. The van der Waals surface area contributed by atoms with Gasteiger partial charge in [-0.05, 0) is 42.0 Å². The van der Waals surface area contributed by atoms with Crippen molar-refractivity contribution in [3.05, 3.63) is 88.9 Å². The van der Waals surface area contributed by atoms with Crippen LogP contribution in [0.3, 0.4) is 0 Å². The van der Waals surface area contributed by atoms with Crippen LogP contribution in [0.1, 0.15) is 11.1 Å². The summed E-state index contributed by atoms with van der Waals surface area (Å²) in [5.41, 5.74) is 1.44. The molecule has 0 aliphatic rings. The quantitative estimate of drug-likeness (QED) is 0.428. The van der Waals surface area contributed by atoms with Crippen molar-refractivity contribution in [2.24, 2.45) is 5.10 Å². The fourth-order valence-electron chi connectivity index (χ4n) is 2.55. The SMILES string of the molecule is COc1cccc(/C=N/NS(=O)(=O)c2ccccc2)c1OCc1cccc(Cl)c1. The molecule has 8 heteroatoms. The highest BCUT2D eigenvalue weighted by Gasteiger charge is 2.13. The van der Waals surface area contributed by atoms with Gasteiger partial charge >= 0.3 is 0 Å². The molecule has 6 nitrogen and oxygen atoms in total. The highest BCUT2D eigenvalue weighted by molar-refractivity contribution is 7.89. The predicted octanol–water partition coefficient (Wildman–Crippen LogP) is 4.24. The zero-order valence-electron chi connectivity index (χ0n) is 15.6. The molecule has 29 heavy (non-hydrogen) atoms. The van der Waals surface area contributed by atoms with Crippen LogP contribution in [0, 0.1) is 0 Å². The molecule has 0 aliphatic carbocycles. The molecule has 0 bridgehead atoms. The summed E-state index contributed by atoms with van der Waals surface area (Å²) in [5.74, 6) is 0.944. The molecule has 0 aromatic heterocycles. The standard InChI is InChI=1S/C21H19ClN2O4S/c1-27-20-12-6-8-17(21(20)28-15-16-7-5-9-18(22)13-16)14-23-24-29(25,26)19-10-3-2-4-11-19/h2-14,24H,15H2,1H3/b23-14+. The maximum atomic E-state index is 12.3. The number of nitrogens with zero attached hydrogens (tertiary/aromatic N) is 1. The molecule has 3 aromatic carbocycles. The summed E-state index contributed by atoms with van der Waals surface area (Å²) in [4.78, 5) is 2.32. The third-order valence-electron chi connectivity index (χ3n) is 3.93. The van der Waals surface area contributed by atoms with Gasteiger partial charge in [0.15, 0.2) is 11.5 Å². The molecule has 0 heterocycles. The molecule has 0 atom stereocenters. The lowest BCUT2D eigenvalue weighted by Crippen LogP contribution is -2.18. The first-order valence-electron chi connectivity index (χ1n) is 8.64. The average molecular weight is 431 g/mol. The minimum atomic E-state index is -3.75. The van der Waals surface area contributed by atoms with Gasteiger partial charge in [-0.3, -0.25) is 0 Å². The van der Waals surface area contributed by atoms with E-state index in [4.69, 9.17) is 21.1 Å². The van der Waals surface area contributed by atoms with E-state index >= 15 is 0 Å². The van der Waals surface area contributed by atoms with E-state index < -0.39 is 10.0 Å².